The third kappa shape index (κ3) is 6.41. The van der Waals surface area contributed by atoms with E-state index >= 15 is 0 Å². The molecule has 2 aromatic carbocycles. The van der Waals surface area contributed by atoms with Gasteiger partial charge in [0.1, 0.15) is 11.5 Å². The molecule has 1 atom stereocenters. The van der Waals surface area contributed by atoms with Gasteiger partial charge in [-0.2, -0.15) is 8.42 Å². The molecule has 0 fully saturated rings. The van der Waals surface area contributed by atoms with Crippen molar-refractivity contribution in [2.24, 2.45) is 0 Å². The SMILES string of the molecule is CC(Oc1ccc(Oc2ccc3ccc(Br)cc3n2)cc1)C(=O)NCCS(=O)(=O)O. The van der Waals surface area contributed by atoms with Crippen LogP contribution in [0.4, 0.5) is 0 Å². The zero-order chi connectivity index (χ0) is 21.7. The monoisotopic (exact) mass is 494 g/mol. The summed E-state index contributed by atoms with van der Waals surface area (Å²) in [6, 6.07) is 16.2. The molecule has 2 N–H and O–H groups in total. The van der Waals surface area contributed by atoms with Crippen LogP contribution in [-0.4, -0.2) is 42.3 Å². The molecule has 0 spiro atoms. The molecule has 3 rings (SSSR count). The van der Waals surface area contributed by atoms with E-state index in [2.05, 4.69) is 26.2 Å². The molecule has 158 valence electrons. The second-order valence-electron chi connectivity index (χ2n) is 6.40. The Kier molecular flexibility index (Phi) is 6.91. The fraction of sp³-hybridized carbons (Fsp3) is 0.200. The Hall–Kier alpha value is -2.69. The summed E-state index contributed by atoms with van der Waals surface area (Å²) < 4.78 is 42.3. The number of aromatic nitrogens is 1. The smallest absolute Gasteiger partial charge is 0.266 e. The number of carbonyl (C=O) groups excluding carboxylic acids is 1. The number of ether oxygens (including phenoxy) is 2. The van der Waals surface area contributed by atoms with Crippen LogP contribution in [0.15, 0.2) is 59.1 Å². The van der Waals surface area contributed by atoms with E-state index in [1.807, 2.05) is 24.3 Å². The Morgan fingerprint density at radius 3 is 2.50 bits per heavy atom. The van der Waals surface area contributed by atoms with Crippen LogP contribution >= 0.6 is 15.9 Å². The van der Waals surface area contributed by atoms with Gasteiger partial charge >= 0.3 is 0 Å². The number of hydrogen-bond donors (Lipinski definition) is 2. The molecule has 0 radical (unpaired) electrons. The number of amides is 1. The van der Waals surface area contributed by atoms with Crippen LogP contribution in [0.5, 0.6) is 17.4 Å². The zero-order valence-corrected chi connectivity index (χ0v) is 18.3. The van der Waals surface area contributed by atoms with Gasteiger partial charge in [0.15, 0.2) is 6.10 Å². The van der Waals surface area contributed by atoms with Gasteiger partial charge in [-0.25, -0.2) is 4.98 Å². The zero-order valence-electron chi connectivity index (χ0n) is 15.9. The predicted molar refractivity (Wildman–Crippen MR) is 115 cm³/mol. The average Bonchev–Trinajstić information content (AvgIpc) is 2.68. The minimum atomic E-state index is -4.13. The van der Waals surface area contributed by atoms with Crippen LogP contribution in [0, 0.1) is 0 Å². The Bertz CT molecular complexity index is 1150. The maximum atomic E-state index is 11.9. The lowest BCUT2D eigenvalue weighted by atomic mass is 10.2. The van der Waals surface area contributed by atoms with Crippen molar-refractivity contribution in [1.29, 1.82) is 0 Å². The van der Waals surface area contributed by atoms with Crippen LogP contribution in [-0.2, 0) is 14.9 Å². The average molecular weight is 495 g/mol. The van der Waals surface area contributed by atoms with Crippen LogP contribution in [0.25, 0.3) is 10.9 Å². The van der Waals surface area contributed by atoms with Crippen LogP contribution in [0.1, 0.15) is 6.92 Å². The largest absolute Gasteiger partial charge is 0.481 e. The summed E-state index contributed by atoms with van der Waals surface area (Å²) in [6.45, 7) is 1.33. The Morgan fingerprint density at radius 1 is 1.13 bits per heavy atom. The molecule has 0 saturated carbocycles. The Labute approximate surface area is 182 Å². The van der Waals surface area contributed by atoms with Crippen molar-refractivity contribution in [3.63, 3.8) is 0 Å². The number of halogens is 1. The minimum absolute atomic E-state index is 0.201. The molecule has 0 bridgehead atoms. The molecule has 1 amide bonds. The molecule has 0 saturated heterocycles. The van der Waals surface area contributed by atoms with Gasteiger partial charge in [0.2, 0.25) is 5.88 Å². The van der Waals surface area contributed by atoms with Crippen molar-refractivity contribution >= 4 is 42.9 Å². The van der Waals surface area contributed by atoms with Gasteiger partial charge in [-0.1, -0.05) is 22.0 Å². The molecule has 10 heteroatoms. The van der Waals surface area contributed by atoms with Crippen LogP contribution in [0.2, 0.25) is 0 Å². The number of nitrogens with one attached hydrogen (secondary N) is 1. The number of nitrogens with zero attached hydrogens (tertiary/aromatic N) is 1. The van der Waals surface area contributed by atoms with Gasteiger partial charge < -0.3 is 14.8 Å². The van der Waals surface area contributed by atoms with E-state index < -0.39 is 27.9 Å². The molecular formula is C20H19BrN2O6S. The molecule has 1 unspecified atom stereocenters. The summed E-state index contributed by atoms with van der Waals surface area (Å²) in [7, 11) is -4.13. The first kappa shape index (κ1) is 22.0. The lowest BCUT2D eigenvalue weighted by Crippen LogP contribution is -2.38. The number of carbonyl (C=O) groups is 1. The number of rotatable bonds is 8. The summed E-state index contributed by atoms with van der Waals surface area (Å²) in [5.74, 6) is 0.382. The lowest BCUT2D eigenvalue weighted by molar-refractivity contribution is -0.127. The van der Waals surface area contributed by atoms with E-state index in [1.165, 1.54) is 6.92 Å². The molecule has 8 nitrogen and oxygen atoms in total. The van der Waals surface area contributed by atoms with Crippen molar-refractivity contribution < 1.29 is 27.2 Å². The van der Waals surface area contributed by atoms with Crippen molar-refractivity contribution in [3.8, 4) is 17.4 Å². The molecule has 1 heterocycles. The van der Waals surface area contributed by atoms with Crippen molar-refractivity contribution in [2.45, 2.75) is 13.0 Å². The molecule has 1 aromatic heterocycles. The molecule has 3 aromatic rings. The highest BCUT2D eigenvalue weighted by molar-refractivity contribution is 9.10. The first-order valence-corrected chi connectivity index (χ1v) is 11.3. The van der Waals surface area contributed by atoms with Gasteiger partial charge in [-0.05, 0) is 49.4 Å². The summed E-state index contributed by atoms with van der Waals surface area (Å²) in [5, 5.41) is 3.38. The maximum Gasteiger partial charge on any atom is 0.266 e. The number of hydrogen-bond acceptors (Lipinski definition) is 6. The Balaban J connectivity index is 1.57. The van der Waals surface area contributed by atoms with Crippen molar-refractivity contribution in [1.82, 2.24) is 10.3 Å². The maximum absolute atomic E-state index is 11.9. The van der Waals surface area contributed by atoms with Gasteiger partial charge in [0.05, 0.1) is 11.3 Å². The van der Waals surface area contributed by atoms with Crippen LogP contribution < -0.4 is 14.8 Å². The van der Waals surface area contributed by atoms with E-state index in [0.29, 0.717) is 17.4 Å². The van der Waals surface area contributed by atoms with Crippen LogP contribution in [0.3, 0.4) is 0 Å². The highest BCUT2D eigenvalue weighted by atomic mass is 79.9. The molecule has 30 heavy (non-hydrogen) atoms. The molecule has 0 aliphatic rings. The normalized spacial score (nSPS) is 12.4. The van der Waals surface area contributed by atoms with Crippen molar-refractivity contribution in [2.75, 3.05) is 12.3 Å². The third-order valence-electron chi connectivity index (χ3n) is 4.02. The van der Waals surface area contributed by atoms with Gasteiger partial charge in [0, 0.05) is 22.5 Å². The standard InChI is InChI=1S/C20H19BrN2O6S/c1-13(20(24)22-10-11-30(25,26)27)28-16-5-7-17(8-6-16)29-19-9-3-14-2-4-15(21)12-18(14)23-19/h2-9,12-13H,10-11H2,1H3,(H,22,24)(H,25,26,27). The molecule has 0 aliphatic heterocycles. The fourth-order valence-electron chi connectivity index (χ4n) is 2.54. The summed E-state index contributed by atoms with van der Waals surface area (Å²) in [5.41, 5.74) is 0.802. The topological polar surface area (TPSA) is 115 Å². The number of fused-ring (bicyclic) bond motifs is 1. The van der Waals surface area contributed by atoms with E-state index in [4.69, 9.17) is 14.0 Å². The van der Waals surface area contributed by atoms with E-state index in [0.717, 1.165) is 15.4 Å². The lowest BCUT2D eigenvalue weighted by Gasteiger charge is -2.15. The van der Waals surface area contributed by atoms with E-state index in [-0.39, 0.29) is 6.54 Å². The Morgan fingerprint density at radius 2 is 1.80 bits per heavy atom. The summed E-state index contributed by atoms with van der Waals surface area (Å²) in [4.78, 5) is 16.4. The van der Waals surface area contributed by atoms with Gasteiger partial charge in [-0.3, -0.25) is 9.35 Å². The first-order chi connectivity index (χ1) is 14.2. The second kappa shape index (κ2) is 9.41. The highest BCUT2D eigenvalue weighted by Crippen LogP contribution is 2.26. The molecule has 0 aliphatic carbocycles. The van der Waals surface area contributed by atoms with Gasteiger partial charge in [0.25, 0.3) is 16.0 Å². The number of pyridine rings is 1. The van der Waals surface area contributed by atoms with Gasteiger partial charge in [-0.15, -0.1) is 0 Å². The minimum Gasteiger partial charge on any atom is -0.481 e. The van der Waals surface area contributed by atoms with Crippen molar-refractivity contribution in [3.05, 3.63) is 59.1 Å². The highest BCUT2D eigenvalue weighted by Gasteiger charge is 2.15. The summed E-state index contributed by atoms with van der Waals surface area (Å²) in [6.07, 6.45) is -0.848. The predicted octanol–water partition coefficient (Wildman–Crippen LogP) is 3.56. The molecular weight excluding hydrogens is 476 g/mol. The van der Waals surface area contributed by atoms with E-state index in [9.17, 15) is 13.2 Å². The third-order valence-corrected chi connectivity index (χ3v) is 5.23. The number of benzene rings is 2. The first-order valence-electron chi connectivity index (χ1n) is 8.93. The summed E-state index contributed by atoms with van der Waals surface area (Å²) >= 11 is 3.42. The van der Waals surface area contributed by atoms with E-state index in [1.54, 1.807) is 30.3 Å². The second-order valence-corrected chi connectivity index (χ2v) is 8.88. The fourth-order valence-corrected chi connectivity index (χ4v) is 3.25. The quantitative estimate of drug-likeness (QED) is 0.460.